The Labute approximate surface area is 177 Å². The van der Waals surface area contributed by atoms with E-state index in [-0.39, 0.29) is 18.4 Å². The number of carbonyl (C=O) groups excluding carboxylic acids is 1. The third kappa shape index (κ3) is 5.55. The first kappa shape index (κ1) is 21.7. The number of hydrazine groups is 1. The van der Waals surface area contributed by atoms with Crippen LogP contribution in [0.3, 0.4) is 0 Å². The lowest BCUT2D eigenvalue weighted by atomic mass is 10.2. The van der Waals surface area contributed by atoms with Crippen LogP contribution in [-0.2, 0) is 4.79 Å². The number of pyridine rings is 2. The van der Waals surface area contributed by atoms with Gasteiger partial charge in [-0.2, -0.15) is 0 Å². The molecule has 0 radical (unpaired) electrons. The van der Waals surface area contributed by atoms with E-state index in [1.54, 1.807) is 25.6 Å². The lowest BCUT2D eigenvalue weighted by Crippen LogP contribution is -2.40. The van der Waals surface area contributed by atoms with Gasteiger partial charge in [-0.25, -0.2) is 10.8 Å². The van der Waals surface area contributed by atoms with Gasteiger partial charge in [0.15, 0.2) is 0 Å². The normalized spacial score (nSPS) is 19.9. The average Bonchev–Trinajstić information content (AvgIpc) is 2.94. The van der Waals surface area contributed by atoms with Crippen LogP contribution in [0.4, 0.5) is 5.69 Å². The zero-order chi connectivity index (χ0) is 21.5. The van der Waals surface area contributed by atoms with E-state index >= 15 is 0 Å². The van der Waals surface area contributed by atoms with Gasteiger partial charge in [0.2, 0.25) is 11.8 Å². The van der Waals surface area contributed by atoms with E-state index in [4.69, 9.17) is 10.6 Å². The quantitative estimate of drug-likeness (QED) is 0.557. The lowest BCUT2D eigenvalue weighted by molar-refractivity contribution is -0.130. The number of nitrogens with zero attached hydrogens (tertiary/aromatic N) is 4. The summed E-state index contributed by atoms with van der Waals surface area (Å²) in [6, 6.07) is 9.82. The van der Waals surface area contributed by atoms with Crippen LogP contribution >= 0.6 is 0 Å². The largest absolute Gasteiger partial charge is 0.481 e. The minimum absolute atomic E-state index is 0.0763. The van der Waals surface area contributed by atoms with Crippen molar-refractivity contribution < 1.29 is 9.53 Å². The van der Waals surface area contributed by atoms with E-state index < -0.39 is 0 Å². The minimum Gasteiger partial charge on any atom is -0.481 e. The summed E-state index contributed by atoms with van der Waals surface area (Å²) in [6.45, 7) is 5.71. The van der Waals surface area contributed by atoms with Crippen molar-refractivity contribution >= 4 is 17.3 Å². The monoisotopic (exact) mass is 410 g/mol. The van der Waals surface area contributed by atoms with Gasteiger partial charge in [0.05, 0.1) is 30.4 Å². The second-order valence-electron chi connectivity index (χ2n) is 7.53. The standard InChI is InChI=1S/C22H30N6O2/c1-16-11-13-27(15-17(2)26-16)22(29)10-8-20(19-6-4-5-12-24-19)28(23)18-7-9-21(30-3)25-14-18/h4-9,12,14,16-17,26H,10-11,13,15,23H2,1-3H3/b20-8-. The van der Waals surface area contributed by atoms with Crippen LogP contribution in [0.2, 0.25) is 0 Å². The molecule has 0 bridgehead atoms. The molecule has 1 amide bonds. The predicted molar refractivity (Wildman–Crippen MR) is 118 cm³/mol. The molecular formula is C22H30N6O2. The van der Waals surface area contributed by atoms with Crippen LogP contribution in [0.25, 0.3) is 5.70 Å². The van der Waals surface area contributed by atoms with Crippen molar-refractivity contribution in [2.75, 3.05) is 25.2 Å². The number of aromatic nitrogens is 2. The summed E-state index contributed by atoms with van der Waals surface area (Å²) >= 11 is 0. The van der Waals surface area contributed by atoms with Crippen molar-refractivity contribution in [2.24, 2.45) is 5.84 Å². The molecule has 3 heterocycles. The zero-order valence-electron chi connectivity index (χ0n) is 17.8. The van der Waals surface area contributed by atoms with E-state index in [2.05, 4.69) is 29.1 Å². The first-order valence-electron chi connectivity index (χ1n) is 10.2. The molecule has 3 rings (SSSR count). The molecule has 8 nitrogen and oxygen atoms in total. The molecule has 1 aliphatic heterocycles. The van der Waals surface area contributed by atoms with Crippen molar-refractivity contribution in [3.05, 3.63) is 54.5 Å². The Morgan fingerprint density at radius 3 is 2.80 bits per heavy atom. The molecule has 0 saturated carbocycles. The lowest BCUT2D eigenvalue weighted by Gasteiger charge is -2.24. The van der Waals surface area contributed by atoms with Crippen molar-refractivity contribution in [2.45, 2.75) is 38.8 Å². The Balaban J connectivity index is 1.81. The van der Waals surface area contributed by atoms with Crippen LogP contribution < -0.4 is 20.9 Å². The average molecular weight is 411 g/mol. The summed E-state index contributed by atoms with van der Waals surface area (Å²) in [5, 5.41) is 5.00. The molecule has 1 aliphatic rings. The van der Waals surface area contributed by atoms with Gasteiger partial charge in [-0.15, -0.1) is 0 Å². The topological polar surface area (TPSA) is 96.6 Å². The number of amides is 1. The Hall–Kier alpha value is -2.97. The molecule has 0 aliphatic carbocycles. The molecule has 3 N–H and O–H groups in total. The Bertz CT molecular complexity index is 856. The molecule has 160 valence electrons. The summed E-state index contributed by atoms with van der Waals surface area (Å²) in [6.07, 6.45) is 6.34. The van der Waals surface area contributed by atoms with E-state index in [1.807, 2.05) is 35.2 Å². The molecule has 30 heavy (non-hydrogen) atoms. The SMILES string of the molecule is COc1ccc(N(N)/C(=C\CC(=O)N2CCC(C)NC(C)C2)c2ccccn2)cn1. The fourth-order valence-electron chi connectivity index (χ4n) is 3.55. The minimum atomic E-state index is 0.0763. The van der Waals surface area contributed by atoms with Gasteiger partial charge in [0.1, 0.15) is 0 Å². The Kier molecular flexibility index (Phi) is 7.37. The maximum absolute atomic E-state index is 12.9. The molecular weight excluding hydrogens is 380 g/mol. The van der Waals surface area contributed by atoms with Crippen molar-refractivity contribution in [3.8, 4) is 5.88 Å². The van der Waals surface area contributed by atoms with Crippen molar-refractivity contribution in [1.82, 2.24) is 20.2 Å². The second-order valence-corrected chi connectivity index (χ2v) is 7.53. The smallest absolute Gasteiger partial charge is 0.226 e. The van der Waals surface area contributed by atoms with Crippen LogP contribution in [0.5, 0.6) is 5.88 Å². The van der Waals surface area contributed by atoms with Gasteiger partial charge < -0.3 is 15.0 Å². The molecule has 2 aromatic rings. The van der Waals surface area contributed by atoms with E-state index in [1.165, 1.54) is 5.01 Å². The Morgan fingerprint density at radius 1 is 1.30 bits per heavy atom. The maximum atomic E-state index is 12.9. The molecule has 1 saturated heterocycles. The van der Waals surface area contributed by atoms with Gasteiger partial charge in [-0.1, -0.05) is 6.07 Å². The van der Waals surface area contributed by atoms with Gasteiger partial charge in [0.25, 0.3) is 0 Å². The summed E-state index contributed by atoms with van der Waals surface area (Å²) < 4.78 is 5.11. The Morgan fingerprint density at radius 2 is 2.13 bits per heavy atom. The fraction of sp³-hybridized carbons (Fsp3) is 0.409. The summed E-state index contributed by atoms with van der Waals surface area (Å²) in [4.78, 5) is 23.5. The van der Waals surface area contributed by atoms with Crippen LogP contribution in [0.15, 0.2) is 48.8 Å². The predicted octanol–water partition coefficient (Wildman–Crippen LogP) is 2.20. The van der Waals surface area contributed by atoms with E-state index in [9.17, 15) is 4.79 Å². The number of methoxy groups -OCH3 is 1. The number of nitrogens with one attached hydrogen (secondary N) is 1. The number of hydrogen-bond donors (Lipinski definition) is 2. The molecule has 2 aromatic heterocycles. The zero-order valence-corrected chi connectivity index (χ0v) is 17.8. The van der Waals surface area contributed by atoms with Gasteiger partial charge in [-0.05, 0) is 44.5 Å². The molecule has 1 fully saturated rings. The summed E-state index contributed by atoms with van der Waals surface area (Å²) in [5.41, 5.74) is 2.00. The van der Waals surface area contributed by atoms with E-state index in [0.717, 1.165) is 13.0 Å². The number of ether oxygens (including phenoxy) is 1. The van der Waals surface area contributed by atoms with E-state index in [0.29, 0.717) is 35.5 Å². The number of rotatable bonds is 6. The third-order valence-electron chi connectivity index (χ3n) is 5.11. The van der Waals surface area contributed by atoms with Crippen LogP contribution in [0, 0.1) is 0 Å². The van der Waals surface area contributed by atoms with Crippen molar-refractivity contribution in [3.63, 3.8) is 0 Å². The highest BCUT2D eigenvalue weighted by Crippen LogP contribution is 2.23. The highest BCUT2D eigenvalue weighted by molar-refractivity contribution is 5.83. The summed E-state index contributed by atoms with van der Waals surface area (Å²) in [7, 11) is 1.56. The molecule has 2 unspecified atom stereocenters. The molecule has 2 atom stereocenters. The maximum Gasteiger partial charge on any atom is 0.226 e. The number of hydrogen-bond acceptors (Lipinski definition) is 7. The first-order chi connectivity index (χ1) is 14.5. The molecule has 0 aromatic carbocycles. The fourth-order valence-corrected chi connectivity index (χ4v) is 3.55. The van der Waals surface area contributed by atoms with Gasteiger partial charge in [-0.3, -0.25) is 14.8 Å². The third-order valence-corrected chi connectivity index (χ3v) is 5.11. The summed E-state index contributed by atoms with van der Waals surface area (Å²) in [5.74, 6) is 6.98. The van der Waals surface area contributed by atoms with Gasteiger partial charge in [0, 0.05) is 43.9 Å². The van der Waals surface area contributed by atoms with Crippen LogP contribution in [-0.4, -0.2) is 53.1 Å². The number of carbonyl (C=O) groups is 1. The van der Waals surface area contributed by atoms with Gasteiger partial charge >= 0.3 is 0 Å². The number of anilines is 1. The van der Waals surface area contributed by atoms with Crippen molar-refractivity contribution in [1.29, 1.82) is 0 Å². The molecule has 8 heteroatoms. The number of nitrogens with two attached hydrogens (primary N) is 1. The first-order valence-corrected chi connectivity index (χ1v) is 10.2. The molecule has 0 spiro atoms. The highest BCUT2D eigenvalue weighted by atomic mass is 16.5. The second kappa shape index (κ2) is 10.2. The highest BCUT2D eigenvalue weighted by Gasteiger charge is 2.22. The van der Waals surface area contributed by atoms with Crippen LogP contribution in [0.1, 0.15) is 32.4 Å².